The Kier molecular flexibility index (Phi) is 5.01. The van der Waals surface area contributed by atoms with Crippen LogP contribution >= 0.6 is 11.3 Å². The lowest BCUT2D eigenvalue weighted by molar-refractivity contribution is -0.121. The second-order valence-corrected chi connectivity index (χ2v) is 5.27. The molecule has 0 atom stereocenters. The van der Waals surface area contributed by atoms with Gasteiger partial charge in [0.1, 0.15) is 5.75 Å². The van der Waals surface area contributed by atoms with Gasteiger partial charge in [0.2, 0.25) is 5.91 Å². The maximum absolute atomic E-state index is 11.7. The van der Waals surface area contributed by atoms with Gasteiger partial charge < -0.3 is 15.8 Å². The largest absolute Gasteiger partial charge is 0.493 e. The van der Waals surface area contributed by atoms with Crippen LogP contribution in [0.15, 0.2) is 35.0 Å². The standard InChI is InChI=1S/C15H18N2O2S/c1-11-9-20-10-12(11)8-17-15(18)6-7-19-14-4-2-13(16)3-5-14/h2-5,9-10H,6-8,16H2,1H3,(H,17,18). The quantitative estimate of drug-likeness (QED) is 0.804. The van der Waals surface area contributed by atoms with Gasteiger partial charge in [-0.25, -0.2) is 0 Å². The third-order valence-corrected chi connectivity index (χ3v) is 3.83. The van der Waals surface area contributed by atoms with Crippen molar-refractivity contribution in [2.24, 2.45) is 0 Å². The third-order valence-electron chi connectivity index (χ3n) is 2.92. The van der Waals surface area contributed by atoms with E-state index in [4.69, 9.17) is 10.5 Å². The summed E-state index contributed by atoms with van der Waals surface area (Å²) in [5, 5.41) is 7.02. The summed E-state index contributed by atoms with van der Waals surface area (Å²) >= 11 is 1.65. The van der Waals surface area contributed by atoms with Crippen molar-refractivity contribution in [1.82, 2.24) is 5.32 Å². The Hall–Kier alpha value is -2.01. The Morgan fingerprint density at radius 3 is 2.70 bits per heavy atom. The van der Waals surface area contributed by atoms with Crippen LogP contribution in [-0.4, -0.2) is 12.5 Å². The minimum atomic E-state index is -0.00829. The lowest BCUT2D eigenvalue weighted by Crippen LogP contribution is -2.24. The molecular weight excluding hydrogens is 272 g/mol. The van der Waals surface area contributed by atoms with E-state index in [1.54, 1.807) is 35.6 Å². The molecule has 0 fully saturated rings. The fourth-order valence-electron chi connectivity index (χ4n) is 1.68. The molecule has 0 saturated heterocycles. The number of anilines is 1. The van der Waals surface area contributed by atoms with Crippen molar-refractivity contribution in [3.05, 3.63) is 46.2 Å². The maximum Gasteiger partial charge on any atom is 0.223 e. The first-order valence-corrected chi connectivity index (χ1v) is 7.36. The zero-order valence-corrected chi connectivity index (χ0v) is 12.2. The van der Waals surface area contributed by atoms with Crippen molar-refractivity contribution in [2.75, 3.05) is 12.3 Å². The van der Waals surface area contributed by atoms with E-state index < -0.39 is 0 Å². The zero-order chi connectivity index (χ0) is 14.4. The van der Waals surface area contributed by atoms with Gasteiger partial charge in [-0.3, -0.25) is 4.79 Å². The molecule has 0 spiro atoms. The summed E-state index contributed by atoms with van der Waals surface area (Å²) in [7, 11) is 0. The molecule has 3 N–H and O–H groups in total. The SMILES string of the molecule is Cc1cscc1CNC(=O)CCOc1ccc(N)cc1. The van der Waals surface area contributed by atoms with Crippen LogP contribution < -0.4 is 15.8 Å². The van der Waals surface area contributed by atoms with Crippen molar-refractivity contribution in [2.45, 2.75) is 19.9 Å². The smallest absolute Gasteiger partial charge is 0.223 e. The molecular formula is C15H18N2O2S. The molecule has 5 heteroatoms. The van der Waals surface area contributed by atoms with E-state index in [2.05, 4.69) is 16.1 Å². The monoisotopic (exact) mass is 290 g/mol. The molecule has 0 saturated carbocycles. The average molecular weight is 290 g/mol. The second-order valence-electron chi connectivity index (χ2n) is 4.52. The topological polar surface area (TPSA) is 64.3 Å². The van der Waals surface area contributed by atoms with E-state index in [1.165, 1.54) is 11.1 Å². The van der Waals surface area contributed by atoms with Gasteiger partial charge in [-0.05, 0) is 53.1 Å². The number of carbonyl (C=O) groups is 1. The Morgan fingerprint density at radius 1 is 1.30 bits per heavy atom. The summed E-state index contributed by atoms with van der Waals surface area (Å²) in [6, 6.07) is 7.13. The number of nitrogens with two attached hydrogens (primary N) is 1. The molecule has 1 aromatic heterocycles. The lowest BCUT2D eigenvalue weighted by atomic mass is 10.2. The van der Waals surface area contributed by atoms with Crippen molar-refractivity contribution in [3.63, 3.8) is 0 Å². The highest BCUT2D eigenvalue weighted by atomic mass is 32.1. The second kappa shape index (κ2) is 6.96. The molecule has 1 amide bonds. The molecule has 1 heterocycles. The number of hydrogen-bond acceptors (Lipinski definition) is 4. The molecule has 0 radical (unpaired) electrons. The predicted octanol–water partition coefficient (Wildman–Crippen LogP) is 2.72. The fraction of sp³-hybridized carbons (Fsp3) is 0.267. The molecule has 0 unspecified atom stereocenters. The number of thiophene rings is 1. The van der Waals surface area contributed by atoms with Crippen molar-refractivity contribution < 1.29 is 9.53 Å². The van der Waals surface area contributed by atoms with Crippen LogP contribution in [0.3, 0.4) is 0 Å². The van der Waals surface area contributed by atoms with Gasteiger partial charge in [0, 0.05) is 12.2 Å². The van der Waals surface area contributed by atoms with Crippen LogP contribution in [-0.2, 0) is 11.3 Å². The predicted molar refractivity (Wildman–Crippen MR) is 81.9 cm³/mol. The first-order chi connectivity index (χ1) is 9.65. The molecule has 1 aromatic carbocycles. The fourth-order valence-corrected chi connectivity index (χ4v) is 2.53. The van der Waals surface area contributed by atoms with Gasteiger partial charge in [0.25, 0.3) is 0 Å². The van der Waals surface area contributed by atoms with Crippen LogP contribution in [0.4, 0.5) is 5.69 Å². The zero-order valence-electron chi connectivity index (χ0n) is 11.4. The van der Waals surface area contributed by atoms with Crippen LogP contribution in [0.2, 0.25) is 0 Å². The van der Waals surface area contributed by atoms with Gasteiger partial charge in [0.15, 0.2) is 0 Å². The van der Waals surface area contributed by atoms with Gasteiger partial charge in [-0.15, -0.1) is 0 Å². The number of ether oxygens (including phenoxy) is 1. The van der Waals surface area contributed by atoms with Gasteiger partial charge in [-0.2, -0.15) is 11.3 Å². The molecule has 106 valence electrons. The number of nitrogens with one attached hydrogen (secondary N) is 1. The summed E-state index contributed by atoms with van der Waals surface area (Å²) in [6.45, 7) is 2.98. The maximum atomic E-state index is 11.7. The Labute approximate surface area is 122 Å². The highest BCUT2D eigenvalue weighted by Crippen LogP contribution is 2.14. The van der Waals surface area contributed by atoms with Crippen LogP contribution in [0, 0.1) is 6.92 Å². The number of rotatable bonds is 6. The Bertz CT molecular complexity index is 564. The highest BCUT2D eigenvalue weighted by molar-refractivity contribution is 7.08. The molecule has 20 heavy (non-hydrogen) atoms. The number of nitrogen functional groups attached to an aromatic ring is 1. The highest BCUT2D eigenvalue weighted by Gasteiger charge is 2.04. The number of carbonyl (C=O) groups excluding carboxylic acids is 1. The average Bonchev–Trinajstić information content (AvgIpc) is 2.84. The van der Waals surface area contributed by atoms with Gasteiger partial charge in [-0.1, -0.05) is 0 Å². The molecule has 2 aromatic rings. The lowest BCUT2D eigenvalue weighted by Gasteiger charge is -2.07. The first kappa shape index (κ1) is 14.4. The van der Waals surface area contributed by atoms with E-state index in [-0.39, 0.29) is 5.91 Å². The van der Waals surface area contributed by atoms with Crippen LogP contribution in [0.25, 0.3) is 0 Å². The summed E-state index contributed by atoms with van der Waals surface area (Å²) < 4.78 is 5.48. The van der Waals surface area contributed by atoms with E-state index in [1.807, 2.05) is 6.92 Å². The van der Waals surface area contributed by atoms with Gasteiger partial charge in [0.05, 0.1) is 13.0 Å². The Morgan fingerprint density at radius 2 is 2.05 bits per heavy atom. The molecule has 4 nitrogen and oxygen atoms in total. The number of amides is 1. The van der Waals surface area contributed by atoms with Crippen molar-refractivity contribution >= 4 is 22.9 Å². The summed E-state index contributed by atoms with van der Waals surface area (Å²) in [6.07, 6.45) is 0.341. The number of hydrogen-bond donors (Lipinski definition) is 2. The minimum Gasteiger partial charge on any atom is -0.493 e. The summed E-state index contributed by atoms with van der Waals surface area (Å²) in [5.41, 5.74) is 8.66. The number of benzene rings is 1. The molecule has 0 bridgehead atoms. The third kappa shape index (κ3) is 4.28. The molecule has 2 rings (SSSR count). The number of aryl methyl sites for hydroxylation is 1. The summed E-state index contributed by atoms with van der Waals surface area (Å²) in [4.78, 5) is 11.7. The Balaban J connectivity index is 1.68. The molecule has 0 aliphatic rings. The minimum absolute atomic E-state index is 0.00829. The first-order valence-electron chi connectivity index (χ1n) is 6.42. The van der Waals surface area contributed by atoms with E-state index in [0.29, 0.717) is 25.3 Å². The normalized spacial score (nSPS) is 10.2. The van der Waals surface area contributed by atoms with Gasteiger partial charge >= 0.3 is 0 Å². The van der Waals surface area contributed by atoms with Crippen LogP contribution in [0.1, 0.15) is 17.5 Å². The molecule has 0 aliphatic carbocycles. The molecule has 0 aliphatic heterocycles. The van der Waals surface area contributed by atoms with Crippen LogP contribution in [0.5, 0.6) is 5.75 Å². The van der Waals surface area contributed by atoms with E-state index in [9.17, 15) is 4.79 Å². The van der Waals surface area contributed by atoms with E-state index >= 15 is 0 Å². The summed E-state index contributed by atoms with van der Waals surface area (Å²) in [5.74, 6) is 0.715. The van der Waals surface area contributed by atoms with Crippen molar-refractivity contribution in [1.29, 1.82) is 0 Å². The van der Waals surface area contributed by atoms with Crippen molar-refractivity contribution in [3.8, 4) is 5.75 Å². The van der Waals surface area contributed by atoms with E-state index in [0.717, 1.165) is 5.75 Å².